The summed E-state index contributed by atoms with van der Waals surface area (Å²) < 4.78 is 5.51. The average molecular weight is 302 g/mol. The summed E-state index contributed by atoms with van der Waals surface area (Å²) in [5.41, 5.74) is 0.987. The first-order chi connectivity index (χ1) is 6.77. The van der Waals surface area contributed by atoms with Crippen LogP contribution in [0.15, 0.2) is 36.9 Å². The summed E-state index contributed by atoms with van der Waals surface area (Å²) >= 11 is 1.98. The Bertz CT molecular complexity index is 334. The molecule has 0 aromatic heterocycles. The van der Waals surface area contributed by atoms with E-state index in [9.17, 15) is 4.79 Å². The van der Waals surface area contributed by atoms with E-state index in [4.69, 9.17) is 4.74 Å². The number of carbonyl (C=O) groups excluding carboxylic acids is 1. The quantitative estimate of drug-likeness (QED) is 0.281. The Hall–Kier alpha value is -0.840. The number of alkyl halides is 1. The molecule has 1 aromatic carbocycles. The Morgan fingerprint density at radius 2 is 2.21 bits per heavy atom. The standard InChI is InChI=1S/C11H11IO2/c1-2-5-9-6-3-4-7-10(9)14-11(13)8-12/h2-4,6-7H,1,5,8H2. The number of allylic oxidation sites excluding steroid dienone is 1. The van der Waals surface area contributed by atoms with E-state index in [0.717, 1.165) is 5.56 Å². The highest BCUT2D eigenvalue weighted by molar-refractivity contribution is 14.1. The van der Waals surface area contributed by atoms with Gasteiger partial charge in [-0.05, 0) is 18.1 Å². The van der Waals surface area contributed by atoms with Crippen molar-refractivity contribution < 1.29 is 9.53 Å². The van der Waals surface area contributed by atoms with Gasteiger partial charge in [0.25, 0.3) is 0 Å². The van der Waals surface area contributed by atoms with E-state index in [2.05, 4.69) is 6.58 Å². The Morgan fingerprint density at radius 3 is 2.86 bits per heavy atom. The van der Waals surface area contributed by atoms with Crippen molar-refractivity contribution in [2.24, 2.45) is 0 Å². The zero-order valence-electron chi connectivity index (χ0n) is 7.70. The van der Waals surface area contributed by atoms with Crippen LogP contribution in [0.25, 0.3) is 0 Å². The van der Waals surface area contributed by atoms with E-state index in [1.807, 2.05) is 40.8 Å². The van der Waals surface area contributed by atoms with Crippen LogP contribution in [0.3, 0.4) is 0 Å². The lowest BCUT2D eigenvalue weighted by molar-refractivity contribution is -0.131. The van der Waals surface area contributed by atoms with Crippen molar-refractivity contribution in [2.75, 3.05) is 4.43 Å². The molecule has 0 aliphatic heterocycles. The van der Waals surface area contributed by atoms with E-state index >= 15 is 0 Å². The van der Waals surface area contributed by atoms with Crippen molar-refractivity contribution in [3.63, 3.8) is 0 Å². The number of esters is 1. The normalized spacial score (nSPS) is 9.50. The summed E-state index contributed by atoms with van der Waals surface area (Å²) in [6.45, 7) is 3.65. The van der Waals surface area contributed by atoms with Crippen LogP contribution in [0.1, 0.15) is 5.56 Å². The number of rotatable bonds is 4. The largest absolute Gasteiger partial charge is 0.426 e. The molecule has 0 N–H and O–H groups in total. The van der Waals surface area contributed by atoms with Crippen molar-refractivity contribution >= 4 is 28.6 Å². The zero-order valence-corrected chi connectivity index (χ0v) is 9.86. The van der Waals surface area contributed by atoms with Gasteiger partial charge in [0.15, 0.2) is 0 Å². The lowest BCUT2D eigenvalue weighted by atomic mass is 10.1. The highest BCUT2D eigenvalue weighted by Gasteiger charge is 2.05. The van der Waals surface area contributed by atoms with Crippen LogP contribution in [0.4, 0.5) is 0 Å². The van der Waals surface area contributed by atoms with E-state index in [-0.39, 0.29) is 5.97 Å². The predicted molar refractivity (Wildman–Crippen MR) is 64.9 cm³/mol. The van der Waals surface area contributed by atoms with Gasteiger partial charge in [0.1, 0.15) is 5.75 Å². The van der Waals surface area contributed by atoms with Crippen LogP contribution in [0, 0.1) is 0 Å². The van der Waals surface area contributed by atoms with Gasteiger partial charge in [-0.15, -0.1) is 6.58 Å². The van der Waals surface area contributed by atoms with Crippen LogP contribution < -0.4 is 4.74 Å². The minimum atomic E-state index is -0.220. The number of benzene rings is 1. The molecule has 3 heteroatoms. The number of para-hydroxylation sites is 1. The second-order valence-corrected chi connectivity index (χ2v) is 3.47. The highest BCUT2D eigenvalue weighted by Crippen LogP contribution is 2.18. The molecule has 0 atom stereocenters. The number of carbonyl (C=O) groups is 1. The third-order valence-electron chi connectivity index (χ3n) is 1.67. The lowest BCUT2D eigenvalue weighted by Gasteiger charge is -2.06. The molecular weight excluding hydrogens is 291 g/mol. The molecule has 1 aromatic rings. The van der Waals surface area contributed by atoms with Crippen LogP contribution in [-0.2, 0) is 11.2 Å². The minimum Gasteiger partial charge on any atom is -0.426 e. The van der Waals surface area contributed by atoms with Crippen LogP contribution in [0.2, 0.25) is 0 Å². The van der Waals surface area contributed by atoms with Gasteiger partial charge in [-0.3, -0.25) is 4.79 Å². The molecule has 2 nitrogen and oxygen atoms in total. The topological polar surface area (TPSA) is 26.3 Å². The van der Waals surface area contributed by atoms with Crippen LogP contribution >= 0.6 is 22.6 Å². The maximum absolute atomic E-state index is 11.1. The van der Waals surface area contributed by atoms with Crippen molar-refractivity contribution in [1.29, 1.82) is 0 Å². The predicted octanol–water partition coefficient (Wildman–Crippen LogP) is 2.76. The zero-order chi connectivity index (χ0) is 10.4. The molecule has 0 heterocycles. The van der Waals surface area contributed by atoms with Gasteiger partial charge >= 0.3 is 5.97 Å². The second kappa shape index (κ2) is 5.80. The molecule has 0 bridgehead atoms. The van der Waals surface area contributed by atoms with Gasteiger partial charge in [-0.25, -0.2) is 0 Å². The Labute approximate surface area is 97.1 Å². The molecular formula is C11H11IO2. The smallest absolute Gasteiger partial charge is 0.321 e. The molecule has 0 aliphatic rings. The Kier molecular flexibility index (Phi) is 4.65. The summed E-state index contributed by atoms with van der Waals surface area (Å²) in [6, 6.07) is 7.49. The number of hydrogen-bond acceptors (Lipinski definition) is 2. The molecule has 0 radical (unpaired) electrons. The van der Waals surface area contributed by atoms with E-state index in [0.29, 0.717) is 16.6 Å². The fourth-order valence-corrected chi connectivity index (χ4v) is 1.23. The van der Waals surface area contributed by atoms with Gasteiger partial charge in [-0.2, -0.15) is 0 Å². The third kappa shape index (κ3) is 3.14. The molecule has 0 fully saturated rings. The SMILES string of the molecule is C=CCc1ccccc1OC(=O)CI. The minimum absolute atomic E-state index is 0.220. The summed E-state index contributed by atoms with van der Waals surface area (Å²) in [4.78, 5) is 11.1. The van der Waals surface area contributed by atoms with E-state index in [1.54, 1.807) is 12.1 Å². The number of hydrogen-bond donors (Lipinski definition) is 0. The lowest BCUT2D eigenvalue weighted by Crippen LogP contribution is -2.09. The van der Waals surface area contributed by atoms with E-state index < -0.39 is 0 Å². The summed E-state index contributed by atoms with van der Waals surface area (Å²) in [6.07, 6.45) is 2.50. The summed E-state index contributed by atoms with van der Waals surface area (Å²) in [7, 11) is 0. The van der Waals surface area contributed by atoms with Gasteiger partial charge in [0.05, 0.1) is 4.43 Å². The fraction of sp³-hybridized carbons (Fsp3) is 0.182. The first kappa shape index (κ1) is 11.2. The van der Waals surface area contributed by atoms with Crippen molar-refractivity contribution in [3.05, 3.63) is 42.5 Å². The number of halogens is 1. The average Bonchev–Trinajstić information content (AvgIpc) is 2.21. The summed E-state index contributed by atoms with van der Waals surface area (Å²) in [5, 5.41) is 0. The maximum Gasteiger partial charge on any atom is 0.321 e. The summed E-state index contributed by atoms with van der Waals surface area (Å²) in [5.74, 6) is 0.413. The number of ether oxygens (including phenoxy) is 1. The monoisotopic (exact) mass is 302 g/mol. The molecule has 14 heavy (non-hydrogen) atoms. The molecule has 0 spiro atoms. The van der Waals surface area contributed by atoms with E-state index in [1.165, 1.54) is 0 Å². The van der Waals surface area contributed by atoms with Crippen molar-refractivity contribution in [1.82, 2.24) is 0 Å². The van der Waals surface area contributed by atoms with Gasteiger partial charge < -0.3 is 4.74 Å². The van der Waals surface area contributed by atoms with Crippen LogP contribution in [-0.4, -0.2) is 10.4 Å². The first-order valence-corrected chi connectivity index (χ1v) is 5.76. The molecule has 0 saturated carbocycles. The highest BCUT2D eigenvalue weighted by atomic mass is 127. The second-order valence-electron chi connectivity index (χ2n) is 2.71. The van der Waals surface area contributed by atoms with Gasteiger partial charge in [0.2, 0.25) is 0 Å². The third-order valence-corrected chi connectivity index (χ3v) is 2.29. The molecule has 0 unspecified atom stereocenters. The molecule has 74 valence electrons. The Balaban J connectivity index is 2.83. The first-order valence-electron chi connectivity index (χ1n) is 4.23. The molecule has 0 amide bonds. The Morgan fingerprint density at radius 1 is 1.50 bits per heavy atom. The fourth-order valence-electron chi connectivity index (χ4n) is 1.08. The molecule has 1 rings (SSSR count). The van der Waals surface area contributed by atoms with Crippen molar-refractivity contribution in [3.8, 4) is 5.75 Å². The molecule has 0 saturated heterocycles. The maximum atomic E-state index is 11.1. The van der Waals surface area contributed by atoms with Gasteiger partial charge in [-0.1, -0.05) is 46.9 Å². The van der Waals surface area contributed by atoms with Crippen LogP contribution in [0.5, 0.6) is 5.75 Å². The van der Waals surface area contributed by atoms with Crippen molar-refractivity contribution in [2.45, 2.75) is 6.42 Å². The van der Waals surface area contributed by atoms with Gasteiger partial charge in [0, 0.05) is 0 Å². The molecule has 0 aliphatic carbocycles.